The van der Waals surface area contributed by atoms with Crippen LogP contribution in [-0.4, -0.2) is 0 Å². The molecule has 0 aliphatic carbocycles. The second kappa shape index (κ2) is 5.45. The van der Waals surface area contributed by atoms with Gasteiger partial charge in [-0.05, 0) is 40.1 Å². The minimum absolute atomic E-state index is 0.299. The molecule has 2 N–H and O–H groups in total. The molecule has 0 fully saturated rings. The molecule has 0 aliphatic rings. The highest BCUT2D eigenvalue weighted by Gasteiger charge is 2.15. The van der Waals surface area contributed by atoms with E-state index in [4.69, 9.17) is 28.9 Å². The molecular weight excluding hydrogens is 289 g/mol. The van der Waals surface area contributed by atoms with Crippen LogP contribution in [0.15, 0.2) is 60.7 Å². The Kier molecular flexibility index (Phi) is 3.66. The molecule has 1 unspecified atom stereocenters. The zero-order valence-corrected chi connectivity index (χ0v) is 12.2. The first-order valence-electron chi connectivity index (χ1n) is 6.35. The molecule has 3 rings (SSSR count). The van der Waals surface area contributed by atoms with E-state index in [0.29, 0.717) is 10.0 Å². The molecule has 0 heterocycles. The van der Waals surface area contributed by atoms with Gasteiger partial charge in [0.15, 0.2) is 0 Å². The number of hydrogen-bond acceptors (Lipinski definition) is 1. The molecule has 0 aromatic heterocycles. The molecule has 1 nitrogen and oxygen atoms in total. The fourth-order valence-corrected chi connectivity index (χ4v) is 2.86. The molecule has 0 spiro atoms. The van der Waals surface area contributed by atoms with E-state index >= 15 is 0 Å². The second-order valence-electron chi connectivity index (χ2n) is 4.71. The van der Waals surface area contributed by atoms with Crippen molar-refractivity contribution in [2.45, 2.75) is 6.04 Å². The minimum Gasteiger partial charge on any atom is -0.320 e. The van der Waals surface area contributed by atoms with Crippen molar-refractivity contribution in [1.82, 2.24) is 0 Å². The summed E-state index contributed by atoms with van der Waals surface area (Å²) >= 11 is 12.3. The molecule has 0 aliphatic heterocycles. The number of benzene rings is 3. The van der Waals surface area contributed by atoms with Crippen LogP contribution in [0, 0.1) is 0 Å². The number of fused-ring (bicyclic) bond motifs is 1. The first-order valence-corrected chi connectivity index (χ1v) is 7.10. The van der Waals surface area contributed by atoms with Crippen LogP contribution in [0.4, 0.5) is 0 Å². The third-order valence-corrected chi connectivity index (χ3v) is 4.03. The van der Waals surface area contributed by atoms with Gasteiger partial charge in [-0.3, -0.25) is 0 Å². The van der Waals surface area contributed by atoms with E-state index in [2.05, 4.69) is 18.2 Å². The normalized spacial score (nSPS) is 12.6. The zero-order chi connectivity index (χ0) is 14.1. The Labute approximate surface area is 127 Å². The zero-order valence-electron chi connectivity index (χ0n) is 10.7. The van der Waals surface area contributed by atoms with Crippen molar-refractivity contribution >= 4 is 34.0 Å². The summed E-state index contributed by atoms with van der Waals surface area (Å²) in [5.74, 6) is 0. The van der Waals surface area contributed by atoms with Crippen molar-refractivity contribution in [3.8, 4) is 0 Å². The van der Waals surface area contributed by atoms with Gasteiger partial charge in [-0.2, -0.15) is 0 Å². The van der Waals surface area contributed by atoms with E-state index in [9.17, 15) is 0 Å². The SMILES string of the molecule is NC(c1cc(Cl)ccc1Cl)c1cccc2ccccc12. The third-order valence-electron chi connectivity index (χ3n) is 3.45. The lowest BCUT2D eigenvalue weighted by atomic mass is 9.94. The van der Waals surface area contributed by atoms with Gasteiger partial charge < -0.3 is 5.73 Å². The van der Waals surface area contributed by atoms with E-state index in [0.717, 1.165) is 16.5 Å². The maximum Gasteiger partial charge on any atom is 0.0573 e. The van der Waals surface area contributed by atoms with Gasteiger partial charge in [0.25, 0.3) is 0 Å². The highest BCUT2D eigenvalue weighted by atomic mass is 35.5. The predicted molar refractivity (Wildman–Crippen MR) is 86.4 cm³/mol. The average molecular weight is 302 g/mol. The standard InChI is InChI=1S/C17H13Cl2N/c18-12-8-9-16(19)15(10-12)17(20)14-7-3-5-11-4-1-2-6-13(11)14/h1-10,17H,20H2. The lowest BCUT2D eigenvalue weighted by molar-refractivity contribution is 0.881. The Morgan fingerprint density at radius 2 is 1.55 bits per heavy atom. The fourth-order valence-electron chi connectivity index (χ4n) is 2.44. The molecule has 0 radical (unpaired) electrons. The molecule has 100 valence electrons. The number of rotatable bonds is 2. The summed E-state index contributed by atoms with van der Waals surface area (Å²) in [6, 6.07) is 19.4. The van der Waals surface area contributed by atoms with Crippen LogP contribution < -0.4 is 5.73 Å². The Balaban J connectivity index is 2.17. The van der Waals surface area contributed by atoms with Crippen molar-refractivity contribution < 1.29 is 0 Å². The Hall–Kier alpha value is -1.54. The summed E-state index contributed by atoms with van der Waals surface area (Å²) in [5.41, 5.74) is 8.30. The fraction of sp³-hybridized carbons (Fsp3) is 0.0588. The van der Waals surface area contributed by atoms with Crippen molar-refractivity contribution in [1.29, 1.82) is 0 Å². The minimum atomic E-state index is -0.299. The Morgan fingerprint density at radius 3 is 2.40 bits per heavy atom. The highest BCUT2D eigenvalue weighted by Crippen LogP contribution is 2.32. The molecule has 20 heavy (non-hydrogen) atoms. The summed E-state index contributed by atoms with van der Waals surface area (Å²) in [6.45, 7) is 0. The maximum absolute atomic E-state index is 6.41. The monoisotopic (exact) mass is 301 g/mol. The van der Waals surface area contributed by atoms with Crippen LogP contribution in [0.25, 0.3) is 10.8 Å². The molecule has 3 heteroatoms. The second-order valence-corrected chi connectivity index (χ2v) is 5.56. The summed E-state index contributed by atoms with van der Waals surface area (Å²) in [4.78, 5) is 0. The lowest BCUT2D eigenvalue weighted by Gasteiger charge is -2.17. The van der Waals surface area contributed by atoms with Crippen LogP contribution >= 0.6 is 23.2 Å². The quantitative estimate of drug-likeness (QED) is 0.692. The van der Waals surface area contributed by atoms with Crippen LogP contribution in [0.3, 0.4) is 0 Å². The summed E-state index contributed by atoms with van der Waals surface area (Å²) < 4.78 is 0. The molecule has 3 aromatic rings. The van der Waals surface area contributed by atoms with Crippen molar-refractivity contribution in [3.05, 3.63) is 81.8 Å². The van der Waals surface area contributed by atoms with Gasteiger partial charge in [0.1, 0.15) is 0 Å². The first kappa shape index (κ1) is 13.4. The molecule has 3 aromatic carbocycles. The lowest BCUT2D eigenvalue weighted by Crippen LogP contribution is -2.12. The highest BCUT2D eigenvalue weighted by molar-refractivity contribution is 6.33. The summed E-state index contributed by atoms with van der Waals surface area (Å²) in [7, 11) is 0. The number of nitrogens with two attached hydrogens (primary N) is 1. The third kappa shape index (κ3) is 2.40. The largest absolute Gasteiger partial charge is 0.320 e. The average Bonchev–Trinajstić information content (AvgIpc) is 2.48. The Morgan fingerprint density at radius 1 is 0.800 bits per heavy atom. The summed E-state index contributed by atoms with van der Waals surface area (Å²) in [5, 5.41) is 3.58. The van der Waals surface area contributed by atoms with E-state index < -0.39 is 0 Å². The van der Waals surface area contributed by atoms with Gasteiger partial charge in [-0.1, -0.05) is 65.7 Å². The molecule has 1 atom stereocenters. The maximum atomic E-state index is 6.41. The molecule has 0 saturated heterocycles. The van der Waals surface area contributed by atoms with Crippen LogP contribution in [-0.2, 0) is 0 Å². The van der Waals surface area contributed by atoms with E-state index in [1.807, 2.05) is 30.3 Å². The van der Waals surface area contributed by atoms with Crippen molar-refractivity contribution in [2.24, 2.45) is 5.73 Å². The van der Waals surface area contributed by atoms with Gasteiger partial charge in [0.2, 0.25) is 0 Å². The molecule has 0 amide bonds. The van der Waals surface area contributed by atoms with E-state index in [1.54, 1.807) is 12.1 Å². The number of hydrogen-bond donors (Lipinski definition) is 1. The van der Waals surface area contributed by atoms with E-state index in [-0.39, 0.29) is 6.04 Å². The topological polar surface area (TPSA) is 26.0 Å². The van der Waals surface area contributed by atoms with Crippen molar-refractivity contribution in [3.63, 3.8) is 0 Å². The predicted octanol–water partition coefficient (Wildman–Crippen LogP) is 5.19. The van der Waals surface area contributed by atoms with Crippen LogP contribution in [0.2, 0.25) is 10.0 Å². The smallest absolute Gasteiger partial charge is 0.0573 e. The van der Waals surface area contributed by atoms with Crippen molar-refractivity contribution in [2.75, 3.05) is 0 Å². The molecule has 0 saturated carbocycles. The van der Waals surface area contributed by atoms with Gasteiger partial charge in [-0.25, -0.2) is 0 Å². The number of halogens is 2. The van der Waals surface area contributed by atoms with Crippen LogP contribution in [0.1, 0.15) is 17.2 Å². The van der Waals surface area contributed by atoms with Gasteiger partial charge in [-0.15, -0.1) is 0 Å². The van der Waals surface area contributed by atoms with E-state index in [1.165, 1.54) is 5.39 Å². The van der Waals surface area contributed by atoms with Crippen LogP contribution in [0.5, 0.6) is 0 Å². The summed E-state index contributed by atoms with van der Waals surface area (Å²) in [6.07, 6.45) is 0. The molecular formula is C17H13Cl2N. The van der Waals surface area contributed by atoms with Gasteiger partial charge in [0.05, 0.1) is 6.04 Å². The Bertz CT molecular complexity index is 763. The first-order chi connectivity index (χ1) is 9.66. The van der Waals surface area contributed by atoms with Gasteiger partial charge >= 0.3 is 0 Å². The van der Waals surface area contributed by atoms with Gasteiger partial charge in [0, 0.05) is 10.0 Å². The molecule has 0 bridgehead atoms.